The molecule has 1 aromatic carbocycles. The SMILES string of the molecule is CN(Cc1nccn1C(F)F)C(=O)CCNC(=O)Cc1ccccc1. The molecule has 6 nitrogen and oxygen atoms in total. The Morgan fingerprint density at radius 2 is 2.00 bits per heavy atom. The van der Waals surface area contributed by atoms with Crippen molar-refractivity contribution >= 4 is 11.8 Å². The van der Waals surface area contributed by atoms with Gasteiger partial charge in [0.1, 0.15) is 5.82 Å². The lowest BCUT2D eigenvalue weighted by Gasteiger charge is -2.17. The molecule has 0 aliphatic heterocycles. The normalized spacial score (nSPS) is 10.7. The van der Waals surface area contributed by atoms with Crippen LogP contribution in [0.25, 0.3) is 0 Å². The number of imidazole rings is 1. The van der Waals surface area contributed by atoms with Crippen LogP contribution in [0, 0.1) is 0 Å². The first-order valence-corrected chi connectivity index (χ1v) is 7.82. The van der Waals surface area contributed by atoms with Gasteiger partial charge in [-0.25, -0.2) is 4.98 Å². The summed E-state index contributed by atoms with van der Waals surface area (Å²) in [7, 11) is 1.51. The van der Waals surface area contributed by atoms with Gasteiger partial charge in [0, 0.05) is 32.4 Å². The van der Waals surface area contributed by atoms with E-state index in [1.807, 2.05) is 30.3 Å². The fourth-order valence-corrected chi connectivity index (χ4v) is 2.29. The maximum atomic E-state index is 12.8. The smallest absolute Gasteiger partial charge is 0.319 e. The Hall–Kier alpha value is -2.77. The molecule has 0 fully saturated rings. The fraction of sp³-hybridized carbons (Fsp3) is 0.353. The van der Waals surface area contributed by atoms with E-state index >= 15 is 0 Å². The third-order valence-electron chi connectivity index (χ3n) is 3.63. The zero-order valence-corrected chi connectivity index (χ0v) is 13.9. The van der Waals surface area contributed by atoms with Gasteiger partial charge < -0.3 is 10.2 Å². The van der Waals surface area contributed by atoms with Gasteiger partial charge in [0.15, 0.2) is 0 Å². The minimum Gasteiger partial charge on any atom is -0.355 e. The van der Waals surface area contributed by atoms with Gasteiger partial charge in [-0.1, -0.05) is 30.3 Å². The molecule has 1 aromatic heterocycles. The first kappa shape index (κ1) is 18.6. The van der Waals surface area contributed by atoms with Gasteiger partial charge >= 0.3 is 6.55 Å². The summed E-state index contributed by atoms with van der Waals surface area (Å²) in [5.74, 6) is -0.322. The molecule has 1 N–H and O–H groups in total. The second-order valence-corrected chi connectivity index (χ2v) is 5.54. The molecule has 0 aliphatic rings. The van der Waals surface area contributed by atoms with Crippen molar-refractivity contribution < 1.29 is 18.4 Å². The van der Waals surface area contributed by atoms with Crippen LogP contribution in [0.2, 0.25) is 0 Å². The molecule has 0 atom stereocenters. The van der Waals surface area contributed by atoms with Crippen LogP contribution in [0.4, 0.5) is 8.78 Å². The third kappa shape index (κ3) is 5.66. The molecule has 0 saturated carbocycles. The molecule has 25 heavy (non-hydrogen) atoms. The zero-order valence-electron chi connectivity index (χ0n) is 13.9. The topological polar surface area (TPSA) is 67.2 Å². The molecule has 0 saturated heterocycles. The van der Waals surface area contributed by atoms with Gasteiger partial charge in [-0.15, -0.1) is 0 Å². The summed E-state index contributed by atoms with van der Waals surface area (Å²) in [5.41, 5.74) is 0.891. The van der Waals surface area contributed by atoms with Crippen molar-refractivity contribution in [2.45, 2.75) is 25.9 Å². The molecule has 0 unspecified atom stereocenters. The molecule has 0 bridgehead atoms. The molecular formula is C17H20F2N4O2. The maximum Gasteiger partial charge on any atom is 0.319 e. The minimum atomic E-state index is -2.70. The summed E-state index contributed by atoms with van der Waals surface area (Å²) in [6.45, 7) is -2.52. The standard InChI is InChI=1S/C17H20F2N4O2/c1-22(12-14-20-9-10-23(14)17(18)19)16(25)7-8-21-15(24)11-13-5-3-2-4-6-13/h2-6,9-10,17H,7-8,11-12H2,1H3,(H,21,24). The molecule has 0 aliphatic carbocycles. The van der Waals surface area contributed by atoms with Crippen molar-refractivity contribution in [3.63, 3.8) is 0 Å². The van der Waals surface area contributed by atoms with Crippen LogP contribution in [0.15, 0.2) is 42.7 Å². The van der Waals surface area contributed by atoms with Crippen molar-refractivity contribution in [3.8, 4) is 0 Å². The number of hydrogen-bond donors (Lipinski definition) is 1. The Morgan fingerprint density at radius 3 is 2.68 bits per heavy atom. The number of aromatic nitrogens is 2. The maximum absolute atomic E-state index is 12.8. The number of benzene rings is 1. The molecule has 0 radical (unpaired) electrons. The van der Waals surface area contributed by atoms with Crippen LogP contribution in [-0.4, -0.2) is 39.9 Å². The first-order valence-electron chi connectivity index (χ1n) is 7.82. The van der Waals surface area contributed by atoms with E-state index in [4.69, 9.17) is 0 Å². The van der Waals surface area contributed by atoms with E-state index in [2.05, 4.69) is 10.3 Å². The summed E-state index contributed by atoms with van der Waals surface area (Å²) < 4.78 is 26.2. The summed E-state index contributed by atoms with van der Waals surface area (Å²) in [4.78, 5) is 29.0. The zero-order chi connectivity index (χ0) is 18.2. The Morgan fingerprint density at radius 1 is 1.28 bits per heavy atom. The van der Waals surface area contributed by atoms with E-state index in [1.54, 1.807) is 0 Å². The van der Waals surface area contributed by atoms with Crippen LogP contribution >= 0.6 is 0 Å². The molecule has 8 heteroatoms. The predicted octanol–water partition coefficient (Wildman–Crippen LogP) is 1.99. The number of amides is 2. The highest BCUT2D eigenvalue weighted by Gasteiger charge is 2.16. The largest absolute Gasteiger partial charge is 0.355 e. The number of alkyl halides is 2. The number of rotatable bonds is 8. The average Bonchev–Trinajstić information content (AvgIpc) is 3.04. The molecule has 1 heterocycles. The Bertz CT molecular complexity index is 704. The predicted molar refractivity (Wildman–Crippen MR) is 87.7 cm³/mol. The summed E-state index contributed by atoms with van der Waals surface area (Å²) >= 11 is 0. The van der Waals surface area contributed by atoms with Crippen LogP contribution in [0.3, 0.4) is 0 Å². The lowest BCUT2D eigenvalue weighted by molar-refractivity contribution is -0.130. The van der Waals surface area contributed by atoms with Gasteiger partial charge in [0.25, 0.3) is 0 Å². The van der Waals surface area contributed by atoms with Gasteiger partial charge in [-0.2, -0.15) is 8.78 Å². The Kier molecular flexibility index (Phi) is 6.62. The molecular weight excluding hydrogens is 330 g/mol. The van der Waals surface area contributed by atoms with Gasteiger partial charge in [-0.3, -0.25) is 14.2 Å². The number of halogens is 2. The van der Waals surface area contributed by atoms with Crippen molar-refractivity contribution in [2.75, 3.05) is 13.6 Å². The number of carbonyl (C=O) groups excluding carboxylic acids is 2. The van der Waals surface area contributed by atoms with E-state index in [0.717, 1.165) is 5.56 Å². The van der Waals surface area contributed by atoms with Crippen molar-refractivity contribution in [1.29, 1.82) is 0 Å². The van der Waals surface area contributed by atoms with E-state index in [9.17, 15) is 18.4 Å². The van der Waals surface area contributed by atoms with Crippen LogP contribution in [0.1, 0.15) is 24.4 Å². The lowest BCUT2D eigenvalue weighted by Crippen LogP contribution is -2.33. The van der Waals surface area contributed by atoms with Gasteiger partial charge in [0.05, 0.1) is 13.0 Å². The van der Waals surface area contributed by atoms with Gasteiger partial charge in [-0.05, 0) is 5.56 Å². The van der Waals surface area contributed by atoms with Gasteiger partial charge in [0.2, 0.25) is 11.8 Å². The van der Waals surface area contributed by atoms with Crippen molar-refractivity contribution in [3.05, 3.63) is 54.1 Å². The lowest BCUT2D eigenvalue weighted by atomic mass is 10.1. The van der Waals surface area contributed by atoms with E-state index in [-0.39, 0.29) is 43.6 Å². The number of nitrogens with one attached hydrogen (secondary N) is 1. The second kappa shape index (κ2) is 8.91. The number of hydrogen-bond acceptors (Lipinski definition) is 3. The highest BCUT2D eigenvalue weighted by molar-refractivity contribution is 5.80. The highest BCUT2D eigenvalue weighted by Crippen LogP contribution is 2.13. The van der Waals surface area contributed by atoms with Crippen molar-refractivity contribution in [2.24, 2.45) is 0 Å². The Labute approximate surface area is 144 Å². The highest BCUT2D eigenvalue weighted by atomic mass is 19.3. The Balaban J connectivity index is 1.74. The molecule has 134 valence electrons. The van der Waals surface area contributed by atoms with Crippen LogP contribution in [-0.2, 0) is 22.6 Å². The first-order chi connectivity index (χ1) is 12.0. The number of carbonyl (C=O) groups is 2. The van der Waals surface area contributed by atoms with E-state index in [1.165, 1.54) is 24.3 Å². The van der Waals surface area contributed by atoms with E-state index in [0.29, 0.717) is 4.57 Å². The summed E-state index contributed by atoms with van der Waals surface area (Å²) in [6.07, 6.45) is 2.77. The molecule has 2 aromatic rings. The van der Waals surface area contributed by atoms with Crippen LogP contribution < -0.4 is 5.32 Å². The average molecular weight is 350 g/mol. The van der Waals surface area contributed by atoms with Crippen LogP contribution in [0.5, 0.6) is 0 Å². The number of nitrogens with zero attached hydrogens (tertiary/aromatic N) is 3. The minimum absolute atomic E-state index is 0.0197. The molecule has 2 amide bonds. The second-order valence-electron chi connectivity index (χ2n) is 5.54. The monoisotopic (exact) mass is 350 g/mol. The van der Waals surface area contributed by atoms with E-state index < -0.39 is 6.55 Å². The summed E-state index contributed by atoms with van der Waals surface area (Å²) in [5, 5.41) is 2.68. The molecule has 0 spiro atoms. The quantitative estimate of drug-likeness (QED) is 0.792. The molecule has 2 rings (SSSR count). The summed E-state index contributed by atoms with van der Waals surface area (Å²) in [6, 6.07) is 9.28. The third-order valence-corrected chi connectivity index (χ3v) is 3.63. The van der Waals surface area contributed by atoms with Crippen molar-refractivity contribution in [1.82, 2.24) is 19.8 Å². The fourth-order valence-electron chi connectivity index (χ4n) is 2.29.